The second kappa shape index (κ2) is 6.76. The second-order valence-corrected chi connectivity index (χ2v) is 5.55. The lowest BCUT2D eigenvalue weighted by molar-refractivity contribution is -0.123. The number of Topliss-reactive ketones (excluding diaryl/α,β-unsaturated/α-hetero) is 1. The number of unbranched alkanes of at least 4 members (excludes halogenated alkanes) is 1. The van der Waals surface area contributed by atoms with Crippen molar-refractivity contribution in [2.24, 2.45) is 0 Å². The predicted octanol–water partition coefficient (Wildman–Crippen LogP) is 1.98. The van der Waals surface area contributed by atoms with Crippen LogP contribution in [-0.2, 0) is 4.79 Å². The predicted molar refractivity (Wildman–Crippen MR) is 85.6 cm³/mol. The third kappa shape index (κ3) is 3.18. The smallest absolute Gasteiger partial charge is 0.266 e. The number of nitrogens with zero attached hydrogens (tertiary/aromatic N) is 2. The Bertz CT molecular complexity index is 803. The highest BCUT2D eigenvalue weighted by atomic mass is 16.3. The Hall–Kier alpha value is -2.44. The molecule has 2 aromatic heterocycles. The fraction of sp³-hybridized carbons (Fsp3) is 0.500. The first-order valence-corrected chi connectivity index (χ1v) is 7.67. The van der Waals surface area contributed by atoms with Crippen LogP contribution in [0.2, 0.25) is 0 Å². The highest BCUT2D eigenvalue weighted by Crippen LogP contribution is 2.21. The van der Waals surface area contributed by atoms with Gasteiger partial charge in [-0.05, 0) is 27.2 Å². The van der Waals surface area contributed by atoms with Crippen molar-refractivity contribution < 1.29 is 14.0 Å². The van der Waals surface area contributed by atoms with Crippen molar-refractivity contribution in [3.05, 3.63) is 28.0 Å². The van der Waals surface area contributed by atoms with Gasteiger partial charge in [-0.25, -0.2) is 4.98 Å². The van der Waals surface area contributed by atoms with Gasteiger partial charge in [0.2, 0.25) is 11.6 Å². The standard InChI is InChI=1S/C16H21N3O4/c1-5-6-7-17-14(21)9(2)19-8-18-15-13(16(19)22)12(10(3)20)11(4)23-15/h8-9H,5-7H2,1-4H3,(H,17,21). The van der Waals surface area contributed by atoms with Gasteiger partial charge in [0.25, 0.3) is 5.56 Å². The molecule has 0 radical (unpaired) electrons. The molecule has 0 saturated carbocycles. The van der Waals surface area contributed by atoms with Gasteiger partial charge in [0.15, 0.2) is 5.78 Å². The van der Waals surface area contributed by atoms with Gasteiger partial charge in [0.05, 0.1) is 5.56 Å². The second-order valence-electron chi connectivity index (χ2n) is 5.55. The topological polar surface area (TPSA) is 94.2 Å². The molecule has 1 N–H and O–H groups in total. The lowest BCUT2D eigenvalue weighted by atomic mass is 10.1. The van der Waals surface area contributed by atoms with E-state index in [9.17, 15) is 14.4 Å². The molecule has 7 nitrogen and oxygen atoms in total. The van der Waals surface area contributed by atoms with Gasteiger partial charge in [0.1, 0.15) is 23.5 Å². The minimum Gasteiger partial charge on any atom is -0.442 e. The molecule has 0 aliphatic carbocycles. The quantitative estimate of drug-likeness (QED) is 0.649. The molecule has 2 heterocycles. The lowest BCUT2D eigenvalue weighted by Crippen LogP contribution is -2.36. The largest absolute Gasteiger partial charge is 0.442 e. The maximum atomic E-state index is 12.7. The van der Waals surface area contributed by atoms with Crippen LogP contribution < -0.4 is 10.9 Å². The van der Waals surface area contributed by atoms with Crippen LogP contribution in [0.25, 0.3) is 11.1 Å². The van der Waals surface area contributed by atoms with E-state index in [1.165, 1.54) is 17.8 Å². The number of carbonyl (C=O) groups excluding carboxylic acids is 2. The van der Waals surface area contributed by atoms with Gasteiger partial charge in [-0.2, -0.15) is 0 Å². The van der Waals surface area contributed by atoms with E-state index in [1.54, 1.807) is 13.8 Å². The molecule has 0 aliphatic heterocycles. The molecule has 0 aliphatic rings. The normalized spacial score (nSPS) is 12.3. The number of amides is 1. The average molecular weight is 319 g/mol. The third-order valence-electron chi connectivity index (χ3n) is 3.79. The molecule has 7 heteroatoms. The highest BCUT2D eigenvalue weighted by molar-refractivity contribution is 6.06. The number of furan rings is 1. The number of aryl methyl sites for hydroxylation is 1. The Morgan fingerprint density at radius 1 is 1.43 bits per heavy atom. The number of rotatable bonds is 6. The monoisotopic (exact) mass is 319 g/mol. The van der Waals surface area contributed by atoms with Gasteiger partial charge in [-0.3, -0.25) is 19.0 Å². The van der Waals surface area contributed by atoms with E-state index in [2.05, 4.69) is 10.3 Å². The van der Waals surface area contributed by atoms with Crippen molar-refractivity contribution in [1.82, 2.24) is 14.9 Å². The van der Waals surface area contributed by atoms with Crippen molar-refractivity contribution in [1.29, 1.82) is 0 Å². The van der Waals surface area contributed by atoms with Crippen molar-refractivity contribution in [2.45, 2.75) is 46.6 Å². The molecule has 1 atom stereocenters. The Morgan fingerprint density at radius 2 is 2.13 bits per heavy atom. The van der Waals surface area contributed by atoms with Gasteiger partial charge >= 0.3 is 0 Å². The molecule has 0 aromatic carbocycles. The van der Waals surface area contributed by atoms with E-state index in [4.69, 9.17) is 4.42 Å². The fourth-order valence-electron chi connectivity index (χ4n) is 2.48. The number of carbonyl (C=O) groups is 2. The molecule has 0 fully saturated rings. The van der Waals surface area contributed by atoms with Crippen molar-refractivity contribution >= 4 is 22.8 Å². The Morgan fingerprint density at radius 3 is 2.74 bits per heavy atom. The number of nitrogens with one attached hydrogen (secondary N) is 1. The first-order valence-electron chi connectivity index (χ1n) is 7.67. The molecule has 2 aromatic rings. The summed E-state index contributed by atoms with van der Waals surface area (Å²) in [4.78, 5) is 40.7. The molecular formula is C16H21N3O4. The van der Waals surface area contributed by atoms with E-state index in [0.717, 1.165) is 12.8 Å². The summed E-state index contributed by atoms with van der Waals surface area (Å²) in [7, 11) is 0. The summed E-state index contributed by atoms with van der Waals surface area (Å²) in [6.45, 7) is 7.20. The Labute approximate surface area is 133 Å². The fourth-order valence-corrected chi connectivity index (χ4v) is 2.48. The van der Waals surface area contributed by atoms with Crippen LogP contribution in [0.1, 0.15) is 55.8 Å². The molecule has 0 spiro atoms. The maximum absolute atomic E-state index is 12.7. The number of fused-ring (bicyclic) bond motifs is 1. The molecule has 1 unspecified atom stereocenters. The van der Waals surface area contributed by atoms with Gasteiger partial charge in [-0.1, -0.05) is 13.3 Å². The number of hydrogen-bond acceptors (Lipinski definition) is 5. The summed E-state index contributed by atoms with van der Waals surface area (Å²) in [5.74, 6) is -0.167. The van der Waals surface area contributed by atoms with E-state index < -0.39 is 11.6 Å². The first-order chi connectivity index (χ1) is 10.9. The minimum absolute atomic E-state index is 0.118. The number of ketones is 1. The first kappa shape index (κ1) is 16.9. The Balaban J connectivity index is 2.44. The molecule has 0 bridgehead atoms. The van der Waals surface area contributed by atoms with Crippen LogP contribution >= 0.6 is 0 Å². The summed E-state index contributed by atoms with van der Waals surface area (Å²) in [6, 6.07) is -0.716. The van der Waals surface area contributed by atoms with E-state index in [-0.39, 0.29) is 28.4 Å². The molecule has 0 saturated heterocycles. The van der Waals surface area contributed by atoms with Crippen molar-refractivity contribution in [2.75, 3.05) is 6.54 Å². The van der Waals surface area contributed by atoms with E-state index >= 15 is 0 Å². The summed E-state index contributed by atoms with van der Waals surface area (Å²) in [6.07, 6.45) is 3.13. The van der Waals surface area contributed by atoms with Crippen LogP contribution in [-0.4, -0.2) is 27.8 Å². The van der Waals surface area contributed by atoms with Crippen LogP contribution in [0, 0.1) is 6.92 Å². The maximum Gasteiger partial charge on any atom is 0.266 e. The summed E-state index contributed by atoms with van der Waals surface area (Å²) in [5, 5.41) is 2.91. The van der Waals surface area contributed by atoms with Crippen LogP contribution in [0.3, 0.4) is 0 Å². The minimum atomic E-state index is -0.716. The van der Waals surface area contributed by atoms with Crippen LogP contribution in [0.5, 0.6) is 0 Å². The van der Waals surface area contributed by atoms with E-state index in [1.807, 2.05) is 6.92 Å². The summed E-state index contributed by atoms with van der Waals surface area (Å²) in [5.41, 5.74) is -0.104. The van der Waals surface area contributed by atoms with Crippen LogP contribution in [0.15, 0.2) is 15.5 Å². The third-order valence-corrected chi connectivity index (χ3v) is 3.79. The zero-order chi connectivity index (χ0) is 17.1. The van der Waals surface area contributed by atoms with Gasteiger partial charge in [-0.15, -0.1) is 0 Å². The van der Waals surface area contributed by atoms with Crippen molar-refractivity contribution in [3.63, 3.8) is 0 Å². The van der Waals surface area contributed by atoms with E-state index in [0.29, 0.717) is 12.3 Å². The Kier molecular flexibility index (Phi) is 4.98. The average Bonchev–Trinajstić information content (AvgIpc) is 2.84. The van der Waals surface area contributed by atoms with Gasteiger partial charge in [0, 0.05) is 6.54 Å². The molecule has 23 heavy (non-hydrogen) atoms. The van der Waals surface area contributed by atoms with Crippen molar-refractivity contribution in [3.8, 4) is 0 Å². The highest BCUT2D eigenvalue weighted by Gasteiger charge is 2.23. The zero-order valence-corrected chi connectivity index (χ0v) is 13.8. The SMILES string of the molecule is CCCCNC(=O)C(C)n1cnc2oc(C)c(C(C)=O)c2c1=O. The molecule has 124 valence electrons. The van der Waals surface area contributed by atoms with Crippen LogP contribution in [0.4, 0.5) is 0 Å². The molecule has 1 amide bonds. The number of hydrogen-bond donors (Lipinski definition) is 1. The summed E-state index contributed by atoms with van der Waals surface area (Å²) >= 11 is 0. The molecule has 2 rings (SSSR count). The molecular weight excluding hydrogens is 298 g/mol. The number of aromatic nitrogens is 2. The zero-order valence-electron chi connectivity index (χ0n) is 13.8. The summed E-state index contributed by atoms with van der Waals surface area (Å²) < 4.78 is 6.60. The lowest BCUT2D eigenvalue weighted by Gasteiger charge is -2.14. The van der Waals surface area contributed by atoms with Gasteiger partial charge < -0.3 is 9.73 Å².